The number of likely N-dealkylation sites (N-methyl/N-ethyl adjacent to an activating group) is 2. The topological polar surface area (TPSA) is 48.6 Å². The van der Waals surface area contributed by atoms with Gasteiger partial charge in [0.25, 0.3) is 0 Å². The standard InChI is InChI=1S/C13H32N4O/c1-6-15-8-9-17(7-2)10-12(3)18-13(4)16-11-14-5/h12-16H,6-11H2,1-5H3/t12-,13+/m0/s1. The van der Waals surface area contributed by atoms with Crippen molar-refractivity contribution in [1.82, 2.24) is 20.9 Å². The molecule has 0 aliphatic heterocycles. The lowest BCUT2D eigenvalue weighted by atomic mass is 10.3. The lowest BCUT2D eigenvalue weighted by Crippen LogP contribution is -2.42. The zero-order chi connectivity index (χ0) is 13.8. The van der Waals surface area contributed by atoms with E-state index in [9.17, 15) is 0 Å². The second kappa shape index (κ2) is 11.9. The number of rotatable bonds is 12. The molecule has 0 amide bonds. The lowest BCUT2D eigenvalue weighted by molar-refractivity contribution is -0.0257. The number of nitrogens with zero attached hydrogens (tertiary/aromatic N) is 1. The molecule has 0 rings (SSSR count). The van der Waals surface area contributed by atoms with Crippen molar-refractivity contribution in [3.05, 3.63) is 0 Å². The summed E-state index contributed by atoms with van der Waals surface area (Å²) in [7, 11) is 1.92. The van der Waals surface area contributed by atoms with Gasteiger partial charge >= 0.3 is 0 Å². The highest BCUT2D eigenvalue weighted by atomic mass is 16.5. The normalized spacial score (nSPS) is 15.0. The third-order valence-electron chi connectivity index (χ3n) is 2.82. The van der Waals surface area contributed by atoms with Gasteiger partial charge in [-0.3, -0.25) is 10.2 Å². The van der Waals surface area contributed by atoms with Crippen molar-refractivity contribution in [2.45, 2.75) is 40.0 Å². The maximum Gasteiger partial charge on any atom is 0.106 e. The number of hydrogen-bond acceptors (Lipinski definition) is 5. The summed E-state index contributed by atoms with van der Waals surface area (Å²) in [6, 6.07) is 0. The van der Waals surface area contributed by atoms with Crippen LogP contribution in [0, 0.1) is 0 Å². The third kappa shape index (κ3) is 9.79. The molecule has 0 radical (unpaired) electrons. The first-order chi connectivity index (χ1) is 8.63. The van der Waals surface area contributed by atoms with Gasteiger partial charge < -0.3 is 15.4 Å². The van der Waals surface area contributed by atoms with E-state index in [2.05, 4.69) is 41.6 Å². The Labute approximate surface area is 113 Å². The Hall–Kier alpha value is -0.200. The average molecular weight is 260 g/mol. The second-order valence-electron chi connectivity index (χ2n) is 4.57. The zero-order valence-electron chi connectivity index (χ0n) is 12.8. The predicted molar refractivity (Wildman–Crippen MR) is 77.7 cm³/mol. The second-order valence-corrected chi connectivity index (χ2v) is 4.57. The molecule has 0 aromatic carbocycles. The van der Waals surface area contributed by atoms with Gasteiger partial charge in [0.15, 0.2) is 0 Å². The molecule has 0 spiro atoms. The molecule has 0 unspecified atom stereocenters. The Balaban J connectivity index is 3.76. The first-order valence-electron chi connectivity index (χ1n) is 7.10. The summed E-state index contributed by atoms with van der Waals surface area (Å²) < 4.78 is 5.88. The van der Waals surface area contributed by atoms with E-state index >= 15 is 0 Å². The molecule has 0 saturated carbocycles. The third-order valence-corrected chi connectivity index (χ3v) is 2.82. The van der Waals surface area contributed by atoms with Gasteiger partial charge in [-0.15, -0.1) is 0 Å². The summed E-state index contributed by atoms with van der Waals surface area (Å²) in [5.41, 5.74) is 0. The highest BCUT2D eigenvalue weighted by Crippen LogP contribution is 1.99. The Morgan fingerprint density at radius 1 is 1.22 bits per heavy atom. The van der Waals surface area contributed by atoms with E-state index in [-0.39, 0.29) is 12.3 Å². The van der Waals surface area contributed by atoms with Crippen LogP contribution in [0.4, 0.5) is 0 Å². The SMILES string of the molecule is CCNCCN(CC)C[C@H](C)O[C@H](C)NCNC. The van der Waals surface area contributed by atoms with E-state index < -0.39 is 0 Å². The summed E-state index contributed by atoms with van der Waals surface area (Å²) in [4.78, 5) is 2.41. The molecule has 0 saturated heterocycles. The van der Waals surface area contributed by atoms with E-state index in [4.69, 9.17) is 4.74 Å². The molecule has 18 heavy (non-hydrogen) atoms. The fourth-order valence-corrected chi connectivity index (χ4v) is 1.84. The van der Waals surface area contributed by atoms with Gasteiger partial charge in [0.2, 0.25) is 0 Å². The zero-order valence-corrected chi connectivity index (χ0v) is 12.8. The van der Waals surface area contributed by atoms with E-state index in [0.29, 0.717) is 0 Å². The van der Waals surface area contributed by atoms with Crippen molar-refractivity contribution < 1.29 is 4.74 Å². The van der Waals surface area contributed by atoms with Crippen LogP contribution in [0.1, 0.15) is 27.7 Å². The van der Waals surface area contributed by atoms with Gasteiger partial charge in [-0.05, 0) is 34.0 Å². The van der Waals surface area contributed by atoms with Crippen LogP contribution in [0.5, 0.6) is 0 Å². The van der Waals surface area contributed by atoms with Gasteiger partial charge in [-0.2, -0.15) is 0 Å². The first kappa shape index (κ1) is 17.8. The van der Waals surface area contributed by atoms with Crippen molar-refractivity contribution in [3.8, 4) is 0 Å². The van der Waals surface area contributed by atoms with Gasteiger partial charge in [-0.1, -0.05) is 13.8 Å². The predicted octanol–water partition coefficient (Wildman–Crippen LogP) is 0.435. The molecule has 2 atom stereocenters. The minimum absolute atomic E-state index is 0.0833. The highest BCUT2D eigenvalue weighted by Gasteiger charge is 2.11. The van der Waals surface area contributed by atoms with Crippen LogP contribution in [0.3, 0.4) is 0 Å². The molecule has 0 aliphatic rings. The van der Waals surface area contributed by atoms with Gasteiger partial charge in [-0.25, -0.2) is 0 Å². The van der Waals surface area contributed by atoms with Crippen LogP contribution in [0.2, 0.25) is 0 Å². The fraction of sp³-hybridized carbons (Fsp3) is 1.00. The molecule has 0 bridgehead atoms. The smallest absolute Gasteiger partial charge is 0.106 e. The number of ether oxygens (including phenoxy) is 1. The summed E-state index contributed by atoms with van der Waals surface area (Å²) in [5.74, 6) is 0. The molecule has 5 nitrogen and oxygen atoms in total. The maximum absolute atomic E-state index is 5.88. The Bertz CT molecular complexity index is 180. The van der Waals surface area contributed by atoms with Gasteiger partial charge in [0.1, 0.15) is 6.23 Å². The Morgan fingerprint density at radius 2 is 1.94 bits per heavy atom. The first-order valence-corrected chi connectivity index (χ1v) is 7.10. The van der Waals surface area contributed by atoms with Crippen LogP contribution in [0.25, 0.3) is 0 Å². The maximum atomic E-state index is 5.88. The van der Waals surface area contributed by atoms with E-state index in [1.165, 1.54) is 0 Å². The fourth-order valence-electron chi connectivity index (χ4n) is 1.84. The van der Waals surface area contributed by atoms with Crippen molar-refractivity contribution in [2.75, 3.05) is 46.4 Å². The molecule has 0 aliphatic carbocycles. The Morgan fingerprint density at radius 3 is 2.50 bits per heavy atom. The minimum Gasteiger partial charge on any atom is -0.359 e. The monoisotopic (exact) mass is 260 g/mol. The van der Waals surface area contributed by atoms with E-state index in [1.54, 1.807) is 0 Å². The highest BCUT2D eigenvalue weighted by molar-refractivity contribution is 4.63. The molecular weight excluding hydrogens is 228 g/mol. The summed E-state index contributed by atoms with van der Waals surface area (Å²) in [6.45, 7) is 14.5. The molecule has 5 heteroatoms. The van der Waals surface area contributed by atoms with Crippen molar-refractivity contribution in [1.29, 1.82) is 0 Å². The minimum atomic E-state index is 0.0833. The lowest BCUT2D eigenvalue weighted by Gasteiger charge is -2.27. The van der Waals surface area contributed by atoms with E-state index in [1.807, 2.05) is 14.0 Å². The van der Waals surface area contributed by atoms with Crippen molar-refractivity contribution in [3.63, 3.8) is 0 Å². The van der Waals surface area contributed by atoms with Gasteiger partial charge in [0, 0.05) is 26.3 Å². The quantitative estimate of drug-likeness (QED) is 0.351. The van der Waals surface area contributed by atoms with Crippen LogP contribution >= 0.6 is 0 Å². The molecule has 110 valence electrons. The molecule has 0 heterocycles. The molecule has 0 aromatic rings. The molecule has 3 N–H and O–H groups in total. The number of hydrogen-bond donors (Lipinski definition) is 3. The average Bonchev–Trinajstić information content (AvgIpc) is 2.35. The van der Waals surface area contributed by atoms with Gasteiger partial charge in [0.05, 0.1) is 6.10 Å². The summed E-state index contributed by atoms with van der Waals surface area (Å²) in [5, 5.41) is 9.64. The van der Waals surface area contributed by atoms with Crippen molar-refractivity contribution in [2.24, 2.45) is 0 Å². The van der Waals surface area contributed by atoms with Crippen LogP contribution in [-0.4, -0.2) is 63.7 Å². The van der Waals surface area contributed by atoms with Crippen LogP contribution < -0.4 is 16.0 Å². The van der Waals surface area contributed by atoms with E-state index in [0.717, 1.165) is 39.4 Å². The van der Waals surface area contributed by atoms with Crippen LogP contribution in [-0.2, 0) is 4.74 Å². The number of nitrogens with one attached hydrogen (secondary N) is 3. The molecule has 0 aromatic heterocycles. The Kier molecular flexibility index (Phi) is 11.7. The largest absolute Gasteiger partial charge is 0.359 e. The summed E-state index contributed by atoms with van der Waals surface area (Å²) >= 11 is 0. The van der Waals surface area contributed by atoms with Crippen molar-refractivity contribution >= 4 is 0 Å². The summed E-state index contributed by atoms with van der Waals surface area (Å²) in [6.07, 6.45) is 0.325. The molecule has 0 fully saturated rings. The molecular formula is C13H32N4O. The van der Waals surface area contributed by atoms with Crippen LogP contribution in [0.15, 0.2) is 0 Å².